The Morgan fingerprint density at radius 1 is 1.38 bits per heavy atom. The van der Waals surface area contributed by atoms with Crippen molar-refractivity contribution in [3.05, 3.63) is 0 Å². The van der Waals surface area contributed by atoms with Crippen LogP contribution >= 0.6 is 0 Å². The topological polar surface area (TPSA) is 23.6 Å². The Morgan fingerprint density at radius 2 is 2.00 bits per heavy atom. The molecule has 0 saturated carbocycles. The maximum absolute atomic E-state index is 11.8. The first-order valence-electron chi connectivity index (χ1n) is 5.05. The van der Waals surface area contributed by atoms with E-state index in [0.717, 1.165) is 26.1 Å². The van der Waals surface area contributed by atoms with Crippen molar-refractivity contribution in [3.63, 3.8) is 0 Å². The summed E-state index contributed by atoms with van der Waals surface area (Å²) in [6.45, 7) is 7.29. The Hall–Kier alpha value is -0.570. The first-order chi connectivity index (χ1) is 6.05. The lowest BCUT2D eigenvalue weighted by molar-refractivity contribution is -0.145. The van der Waals surface area contributed by atoms with E-state index >= 15 is 0 Å². The third kappa shape index (κ3) is 1.17. The Balaban J connectivity index is 2.00. The zero-order valence-electron chi connectivity index (χ0n) is 8.71. The number of hydrogen-bond donors (Lipinski definition) is 0. The molecule has 2 fully saturated rings. The molecule has 0 bridgehead atoms. The van der Waals surface area contributed by atoms with Crippen LogP contribution < -0.4 is 0 Å². The third-order valence-corrected chi connectivity index (χ3v) is 3.47. The minimum Gasteiger partial charge on any atom is -0.345 e. The highest BCUT2D eigenvalue weighted by molar-refractivity contribution is 5.86. The van der Waals surface area contributed by atoms with Gasteiger partial charge >= 0.3 is 0 Å². The normalized spacial score (nSPS) is 27.4. The maximum atomic E-state index is 11.8. The summed E-state index contributed by atoms with van der Waals surface area (Å²) in [6, 6.07) is 0.587. The number of amides is 1. The van der Waals surface area contributed by atoms with Crippen LogP contribution in [-0.2, 0) is 4.79 Å². The van der Waals surface area contributed by atoms with Crippen molar-refractivity contribution in [2.45, 2.75) is 26.3 Å². The summed E-state index contributed by atoms with van der Waals surface area (Å²) in [5.74, 6) is 0.365. The number of hydrogen-bond acceptors (Lipinski definition) is 2. The Bertz CT molecular complexity index is 231. The van der Waals surface area contributed by atoms with E-state index in [0.29, 0.717) is 11.9 Å². The van der Waals surface area contributed by atoms with Gasteiger partial charge in [-0.3, -0.25) is 9.69 Å². The average Bonchev–Trinajstić information content (AvgIpc) is 2.26. The van der Waals surface area contributed by atoms with E-state index in [1.807, 2.05) is 11.9 Å². The second-order valence-electron chi connectivity index (χ2n) is 4.76. The minimum absolute atomic E-state index is 0.0129. The molecule has 3 heteroatoms. The molecule has 0 aromatic heterocycles. The van der Waals surface area contributed by atoms with E-state index in [2.05, 4.69) is 18.7 Å². The first kappa shape index (κ1) is 9.00. The largest absolute Gasteiger partial charge is 0.345 e. The predicted molar refractivity (Wildman–Crippen MR) is 51.4 cm³/mol. The van der Waals surface area contributed by atoms with Crippen LogP contribution in [0.1, 0.15) is 20.3 Å². The summed E-state index contributed by atoms with van der Waals surface area (Å²) in [5, 5.41) is 0. The fourth-order valence-electron chi connectivity index (χ4n) is 2.38. The smallest absolute Gasteiger partial charge is 0.231 e. The molecule has 0 radical (unpaired) electrons. The highest BCUT2D eigenvalue weighted by Gasteiger charge is 2.53. The molecule has 0 atom stereocenters. The Morgan fingerprint density at radius 3 is 2.38 bits per heavy atom. The number of rotatable bonds is 1. The van der Waals surface area contributed by atoms with Gasteiger partial charge in [-0.05, 0) is 20.3 Å². The van der Waals surface area contributed by atoms with Crippen molar-refractivity contribution in [2.24, 2.45) is 5.41 Å². The molecule has 1 amide bonds. The van der Waals surface area contributed by atoms with Gasteiger partial charge in [-0.15, -0.1) is 0 Å². The highest BCUT2D eigenvalue weighted by Crippen LogP contribution is 2.40. The van der Waals surface area contributed by atoms with Gasteiger partial charge in [0.15, 0.2) is 0 Å². The molecule has 2 rings (SSSR count). The van der Waals surface area contributed by atoms with E-state index in [-0.39, 0.29) is 5.41 Å². The number of carbonyl (C=O) groups is 1. The molecule has 0 unspecified atom stereocenters. The second kappa shape index (κ2) is 2.71. The lowest BCUT2D eigenvalue weighted by Gasteiger charge is -2.48. The molecule has 13 heavy (non-hydrogen) atoms. The summed E-state index contributed by atoms with van der Waals surface area (Å²) < 4.78 is 0. The second-order valence-corrected chi connectivity index (χ2v) is 4.76. The summed E-state index contributed by atoms with van der Waals surface area (Å²) >= 11 is 0. The number of carbonyl (C=O) groups excluding carboxylic acids is 1. The fraction of sp³-hybridized carbons (Fsp3) is 0.900. The van der Waals surface area contributed by atoms with Crippen molar-refractivity contribution in [1.82, 2.24) is 9.80 Å². The average molecular weight is 182 g/mol. The molecule has 2 saturated heterocycles. The van der Waals surface area contributed by atoms with Gasteiger partial charge < -0.3 is 4.90 Å². The van der Waals surface area contributed by atoms with Gasteiger partial charge in [-0.1, -0.05) is 0 Å². The third-order valence-electron chi connectivity index (χ3n) is 3.47. The number of nitrogens with zero attached hydrogens (tertiary/aromatic N) is 2. The van der Waals surface area contributed by atoms with Crippen LogP contribution in [0.25, 0.3) is 0 Å². The molecule has 74 valence electrons. The lowest BCUT2D eigenvalue weighted by Crippen LogP contribution is -2.61. The van der Waals surface area contributed by atoms with E-state index in [9.17, 15) is 4.79 Å². The molecule has 0 aliphatic carbocycles. The molecule has 2 aliphatic heterocycles. The van der Waals surface area contributed by atoms with Gasteiger partial charge in [-0.25, -0.2) is 0 Å². The molecule has 1 spiro atoms. The Kier molecular flexibility index (Phi) is 1.88. The maximum Gasteiger partial charge on any atom is 0.231 e. The van der Waals surface area contributed by atoms with Crippen LogP contribution in [0.3, 0.4) is 0 Å². The molecular formula is C10H18N2O. The SMILES string of the molecule is CC(C)N1CC2(CCN(C)C2=O)C1. The van der Waals surface area contributed by atoms with Crippen LogP contribution in [0.15, 0.2) is 0 Å². The monoisotopic (exact) mass is 182 g/mol. The van der Waals surface area contributed by atoms with Crippen molar-refractivity contribution in [1.29, 1.82) is 0 Å². The van der Waals surface area contributed by atoms with Gasteiger partial charge in [0.25, 0.3) is 0 Å². The van der Waals surface area contributed by atoms with Crippen LogP contribution in [-0.4, -0.2) is 48.4 Å². The molecule has 0 aromatic carbocycles. The van der Waals surface area contributed by atoms with Crippen LogP contribution in [0, 0.1) is 5.41 Å². The van der Waals surface area contributed by atoms with Gasteiger partial charge in [0.1, 0.15) is 0 Å². The predicted octanol–water partition coefficient (Wildman–Crippen LogP) is 0.559. The van der Waals surface area contributed by atoms with Crippen molar-refractivity contribution in [2.75, 3.05) is 26.7 Å². The summed E-state index contributed by atoms with van der Waals surface area (Å²) in [5.41, 5.74) is 0.0129. The molecular weight excluding hydrogens is 164 g/mol. The van der Waals surface area contributed by atoms with Crippen LogP contribution in [0.4, 0.5) is 0 Å². The van der Waals surface area contributed by atoms with Gasteiger partial charge in [0.05, 0.1) is 5.41 Å². The van der Waals surface area contributed by atoms with Gasteiger partial charge in [0, 0.05) is 32.7 Å². The molecule has 0 aromatic rings. The van der Waals surface area contributed by atoms with Crippen molar-refractivity contribution < 1.29 is 4.79 Å². The fourth-order valence-corrected chi connectivity index (χ4v) is 2.38. The Labute approximate surface area is 79.7 Å². The molecule has 2 heterocycles. The van der Waals surface area contributed by atoms with E-state index < -0.39 is 0 Å². The van der Waals surface area contributed by atoms with E-state index in [1.54, 1.807) is 0 Å². The van der Waals surface area contributed by atoms with Crippen LogP contribution in [0.2, 0.25) is 0 Å². The van der Waals surface area contributed by atoms with Gasteiger partial charge in [0.2, 0.25) is 5.91 Å². The molecule has 2 aliphatic rings. The molecule has 0 N–H and O–H groups in total. The summed E-state index contributed by atoms with van der Waals surface area (Å²) in [7, 11) is 1.91. The number of likely N-dealkylation sites (tertiary alicyclic amines) is 2. The quantitative estimate of drug-likeness (QED) is 0.591. The highest BCUT2D eigenvalue weighted by atomic mass is 16.2. The first-order valence-corrected chi connectivity index (χ1v) is 5.05. The standard InChI is InChI=1S/C10H18N2O/c1-8(2)12-6-10(7-12)4-5-11(3)9(10)13/h8H,4-7H2,1-3H3. The van der Waals surface area contributed by atoms with Crippen molar-refractivity contribution in [3.8, 4) is 0 Å². The van der Waals surface area contributed by atoms with Crippen molar-refractivity contribution >= 4 is 5.91 Å². The lowest BCUT2D eigenvalue weighted by atomic mass is 9.77. The summed E-state index contributed by atoms with van der Waals surface area (Å²) in [6.07, 6.45) is 1.06. The molecule has 3 nitrogen and oxygen atoms in total. The van der Waals surface area contributed by atoms with E-state index in [1.165, 1.54) is 0 Å². The zero-order valence-corrected chi connectivity index (χ0v) is 8.71. The minimum atomic E-state index is 0.0129. The van der Waals surface area contributed by atoms with E-state index in [4.69, 9.17) is 0 Å². The van der Waals surface area contributed by atoms with Crippen LogP contribution in [0.5, 0.6) is 0 Å². The zero-order chi connectivity index (χ0) is 9.64. The summed E-state index contributed by atoms with van der Waals surface area (Å²) in [4.78, 5) is 16.0. The van der Waals surface area contributed by atoms with Gasteiger partial charge in [-0.2, -0.15) is 0 Å².